The zero-order chi connectivity index (χ0) is 19.1. The summed E-state index contributed by atoms with van der Waals surface area (Å²) < 4.78 is 0. The Morgan fingerprint density at radius 1 is 0.889 bits per heavy atom. The van der Waals surface area contributed by atoms with Gasteiger partial charge >= 0.3 is 0 Å². The van der Waals surface area contributed by atoms with Crippen LogP contribution >= 0.6 is 0 Å². The minimum absolute atomic E-state index is 0.0225. The molecule has 3 nitrogen and oxygen atoms in total. The van der Waals surface area contributed by atoms with Crippen LogP contribution in [0.15, 0.2) is 66.7 Å². The summed E-state index contributed by atoms with van der Waals surface area (Å²) in [7, 11) is 0. The zero-order valence-corrected chi connectivity index (χ0v) is 15.1. The van der Waals surface area contributed by atoms with E-state index < -0.39 is 0 Å². The van der Waals surface area contributed by atoms with Gasteiger partial charge in [-0.1, -0.05) is 48.5 Å². The van der Waals surface area contributed by atoms with Crippen LogP contribution in [-0.2, 0) is 0 Å². The molecule has 1 aliphatic rings. The number of carbonyl (C=O) groups is 2. The highest BCUT2D eigenvalue weighted by Crippen LogP contribution is 2.38. The molecule has 3 aromatic carbocycles. The number of aryl methyl sites for hydroxylation is 1. The molecule has 0 radical (unpaired) electrons. The van der Waals surface area contributed by atoms with E-state index in [1.54, 1.807) is 24.3 Å². The third kappa shape index (κ3) is 2.77. The summed E-state index contributed by atoms with van der Waals surface area (Å²) in [6, 6.07) is 17.4. The van der Waals surface area contributed by atoms with Gasteiger partial charge in [0.2, 0.25) is 0 Å². The summed E-state index contributed by atoms with van der Waals surface area (Å²) in [5, 5.41) is 9.68. The van der Waals surface area contributed by atoms with Crippen LogP contribution in [-0.4, -0.2) is 16.7 Å². The van der Waals surface area contributed by atoms with Crippen molar-refractivity contribution >= 4 is 17.1 Å². The molecular formula is C24H18O3. The monoisotopic (exact) mass is 354 g/mol. The molecule has 27 heavy (non-hydrogen) atoms. The first-order valence-corrected chi connectivity index (χ1v) is 8.77. The van der Waals surface area contributed by atoms with Gasteiger partial charge in [-0.15, -0.1) is 0 Å². The second-order valence-electron chi connectivity index (χ2n) is 6.78. The number of aromatic hydroxyl groups is 1. The molecule has 0 fully saturated rings. The van der Waals surface area contributed by atoms with E-state index in [4.69, 9.17) is 0 Å². The number of phenolic OH excluding ortho intramolecular Hbond substituents is 1. The van der Waals surface area contributed by atoms with Crippen molar-refractivity contribution in [2.45, 2.75) is 13.8 Å². The first kappa shape index (κ1) is 17.0. The van der Waals surface area contributed by atoms with Crippen molar-refractivity contribution < 1.29 is 14.7 Å². The van der Waals surface area contributed by atoms with Gasteiger partial charge < -0.3 is 5.11 Å². The second kappa shape index (κ2) is 6.36. The Morgan fingerprint density at radius 2 is 1.63 bits per heavy atom. The summed E-state index contributed by atoms with van der Waals surface area (Å²) in [5.41, 5.74) is 6.00. The van der Waals surface area contributed by atoms with E-state index in [1.807, 2.05) is 44.2 Å². The van der Waals surface area contributed by atoms with Gasteiger partial charge in [-0.2, -0.15) is 0 Å². The van der Waals surface area contributed by atoms with Crippen LogP contribution in [0.1, 0.15) is 48.5 Å². The van der Waals surface area contributed by atoms with Crippen molar-refractivity contribution in [1.82, 2.24) is 0 Å². The van der Waals surface area contributed by atoms with E-state index >= 15 is 0 Å². The number of hydrogen-bond donors (Lipinski definition) is 1. The fraction of sp³-hybridized carbons (Fsp3) is 0.0833. The number of hydrogen-bond acceptors (Lipinski definition) is 3. The fourth-order valence-corrected chi connectivity index (χ4v) is 3.57. The predicted molar refractivity (Wildman–Crippen MR) is 105 cm³/mol. The van der Waals surface area contributed by atoms with Crippen molar-refractivity contribution in [2.24, 2.45) is 0 Å². The molecule has 0 unspecified atom stereocenters. The fourth-order valence-electron chi connectivity index (χ4n) is 3.57. The molecule has 0 bridgehead atoms. The van der Waals surface area contributed by atoms with Gasteiger partial charge in [0.05, 0.1) is 0 Å². The van der Waals surface area contributed by atoms with Crippen LogP contribution in [0.3, 0.4) is 0 Å². The van der Waals surface area contributed by atoms with Crippen LogP contribution in [0, 0.1) is 13.8 Å². The van der Waals surface area contributed by atoms with E-state index in [0.717, 1.165) is 27.8 Å². The Balaban J connectivity index is 1.98. The summed E-state index contributed by atoms with van der Waals surface area (Å²) in [4.78, 5) is 25.9. The van der Waals surface area contributed by atoms with Crippen molar-refractivity contribution in [3.05, 3.63) is 106 Å². The van der Waals surface area contributed by atoms with E-state index in [-0.39, 0.29) is 17.3 Å². The third-order valence-corrected chi connectivity index (χ3v) is 5.12. The highest BCUT2D eigenvalue weighted by atomic mass is 16.3. The topological polar surface area (TPSA) is 54.4 Å². The van der Waals surface area contributed by atoms with Gasteiger partial charge in [-0.05, 0) is 59.9 Å². The number of benzene rings is 3. The Bertz CT molecular complexity index is 1140. The molecule has 0 aromatic heterocycles. The molecule has 0 saturated carbocycles. The van der Waals surface area contributed by atoms with Crippen LogP contribution in [0.5, 0.6) is 5.75 Å². The lowest BCUT2D eigenvalue weighted by atomic mass is 9.78. The van der Waals surface area contributed by atoms with E-state index in [1.165, 1.54) is 12.1 Å². The van der Waals surface area contributed by atoms with Crippen molar-refractivity contribution in [3.8, 4) is 5.75 Å². The smallest absolute Gasteiger partial charge is 0.194 e. The lowest BCUT2D eigenvalue weighted by Crippen LogP contribution is -2.16. The Hall–Kier alpha value is -3.46. The minimum Gasteiger partial charge on any atom is -0.508 e. The number of ketones is 2. The van der Waals surface area contributed by atoms with Gasteiger partial charge in [0.25, 0.3) is 0 Å². The van der Waals surface area contributed by atoms with E-state index in [2.05, 4.69) is 0 Å². The molecule has 0 heterocycles. The van der Waals surface area contributed by atoms with Crippen molar-refractivity contribution in [3.63, 3.8) is 0 Å². The zero-order valence-electron chi connectivity index (χ0n) is 15.1. The lowest BCUT2D eigenvalue weighted by molar-refractivity contribution is 0.103. The van der Waals surface area contributed by atoms with Gasteiger partial charge in [-0.3, -0.25) is 9.59 Å². The number of rotatable bonds is 2. The van der Waals surface area contributed by atoms with Gasteiger partial charge in [0.15, 0.2) is 11.6 Å². The Morgan fingerprint density at radius 3 is 2.37 bits per heavy atom. The molecule has 0 saturated heterocycles. The Labute approximate surface area is 157 Å². The summed E-state index contributed by atoms with van der Waals surface area (Å²) >= 11 is 0. The lowest BCUT2D eigenvalue weighted by Gasteiger charge is -2.24. The number of phenols is 1. The molecule has 0 amide bonds. The van der Waals surface area contributed by atoms with Gasteiger partial charge in [-0.25, -0.2) is 0 Å². The molecule has 1 aliphatic carbocycles. The van der Waals surface area contributed by atoms with Crippen molar-refractivity contribution in [2.75, 3.05) is 0 Å². The molecule has 3 aromatic rings. The molecule has 0 atom stereocenters. The molecule has 0 spiro atoms. The quantitative estimate of drug-likeness (QED) is 0.413. The highest BCUT2D eigenvalue weighted by molar-refractivity contribution is 6.22. The molecule has 4 rings (SSSR count). The molecule has 0 aliphatic heterocycles. The maximum absolute atomic E-state index is 13.0. The largest absolute Gasteiger partial charge is 0.508 e. The number of allylic oxidation sites excluding steroid dienone is 1. The van der Waals surface area contributed by atoms with Gasteiger partial charge in [0, 0.05) is 16.7 Å². The first-order chi connectivity index (χ1) is 13.0. The average Bonchev–Trinajstić information content (AvgIpc) is 2.67. The summed E-state index contributed by atoms with van der Waals surface area (Å²) in [5.74, 6) is -0.187. The maximum Gasteiger partial charge on any atom is 0.194 e. The van der Waals surface area contributed by atoms with Crippen LogP contribution in [0.2, 0.25) is 0 Å². The van der Waals surface area contributed by atoms with Crippen LogP contribution in [0.4, 0.5) is 0 Å². The first-order valence-electron chi connectivity index (χ1n) is 8.77. The normalized spacial score (nSPS) is 14.0. The third-order valence-electron chi connectivity index (χ3n) is 5.12. The minimum atomic E-state index is -0.211. The van der Waals surface area contributed by atoms with E-state index in [0.29, 0.717) is 16.7 Å². The molecule has 3 heteroatoms. The number of fused-ring (bicyclic) bond motifs is 2. The highest BCUT2D eigenvalue weighted by Gasteiger charge is 2.29. The van der Waals surface area contributed by atoms with E-state index in [9.17, 15) is 14.7 Å². The average molecular weight is 354 g/mol. The molecule has 132 valence electrons. The molecule has 1 N–H and O–H groups in total. The second-order valence-corrected chi connectivity index (χ2v) is 6.78. The maximum atomic E-state index is 13.0. The SMILES string of the molecule is Cc1ccc2c(c1C)/C(=C/C(=O)c1cccc(O)c1)c1ccccc1C2=O. The predicted octanol–water partition coefficient (Wildman–Crippen LogP) is 4.87. The van der Waals surface area contributed by atoms with Crippen LogP contribution < -0.4 is 0 Å². The van der Waals surface area contributed by atoms with Gasteiger partial charge in [0.1, 0.15) is 5.75 Å². The van der Waals surface area contributed by atoms with Crippen LogP contribution in [0.25, 0.3) is 5.57 Å². The Kier molecular flexibility index (Phi) is 4.00. The number of carbonyl (C=O) groups excluding carboxylic acids is 2. The van der Waals surface area contributed by atoms with Crippen molar-refractivity contribution in [1.29, 1.82) is 0 Å². The summed E-state index contributed by atoms with van der Waals surface area (Å²) in [6.07, 6.45) is 1.57. The summed E-state index contributed by atoms with van der Waals surface area (Å²) in [6.45, 7) is 3.97. The standard InChI is InChI=1S/C24H18O3/c1-14-10-11-20-23(15(14)2)21(18-8-3-4-9-19(18)24(20)27)13-22(26)16-6-5-7-17(25)12-16/h3-13,25H,1-2H3/b21-13+. The molecular weight excluding hydrogens is 336 g/mol.